The first kappa shape index (κ1) is 27.7. The van der Waals surface area contributed by atoms with Crippen molar-refractivity contribution in [3.05, 3.63) is 36.9 Å². The number of ether oxygens (including phenoxy) is 2. The number of likely N-dealkylation sites (tertiary alicyclic amines) is 1. The van der Waals surface area contributed by atoms with Crippen LogP contribution in [0.25, 0.3) is 11.0 Å². The molecule has 4 heterocycles. The minimum absolute atomic E-state index is 0.0680. The topological polar surface area (TPSA) is 127 Å². The summed E-state index contributed by atoms with van der Waals surface area (Å²) < 4.78 is 13.5. The first-order chi connectivity index (χ1) is 18.7. The molecule has 3 saturated heterocycles. The molecule has 2 bridgehead atoms. The van der Waals surface area contributed by atoms with E-state index in [1.165, 1.54) is 4.90 Å². The molecule has 3 fully saturated rings. The number of hydrogen-bond donors (Lipinski definition) is 1. The first-order valence-electron chi connectivity index (χ1n) is 13.3. The Morgan fingerprint density at radius 3 is 2.79 bits per heavy atom. The van der Waals surface area contributed by atoms with Gasteiger partial charge in [0, 0.05) is 11.4 Å². The minimum atomic E-state index is -1.25. The molecular formula is C27H34BrN5O6. The fraction of sp³-hybridized carbons (Fsp3) is 0.593. The van der Waals surface area contributed by atoms with E-state index in [1.54, 1.807) is 22.6 Å². The Bertz CT molecular complexity index is 1280. The molecule has 1 spiro atoms. The molecule has 39 heavy (non-hydrogen) atoms. The maximum absolute atomic E-state index is 14.6. The van der Waals surface area contributed by atoms with Gasteiger partial charge in [0.25, 0.3) is 0 Å². The number of aliphatic hydroxyl groups excluding tert-OH is 1. The molecule has 12 heteroatoms. The van der Waals surface area contributed by atoms with Gasteiger partial charge in [-0.25, -0.2) is 4.68 Å². The number of rotatable bonds is 10. The van der Waals surface area contributed by atoms with Crippen molar-refractivity contribution in [2.75, 3.05) is 19.8 Å². The van der Waals surface area contributed by atoms with Crippen LogP contribution < -0.4 is 0 Å². The van der Waals surface area contributed by atoms with E-state index >= 15 is 0 Å². The van der Waals surface area contributed by atoms with E-state index in [0.717, 1.165) is 5.52 Å². The Labute approximate surface area is 235 Å². The summed E-state index contributed by atoms with van der Waals surface area (Å²) >= 11 is 3.65. The number of nitrogens with zero attached hydrogens (tertiary/aromatic N) is 5. The predicted molar refractivity (Wildman–Crippen MR) is 144 cm³/mol. The number of fused-ring (bicyclic) bond motifs is 2. The summed E-state index contributed by atoms with van der Waals surface area (Å²) in [7, 11) is 0. The second-order valence-corrected chi connectivity index (χ2v) is 11.9. The van der Waals surface area contributed by atoms with Gasteiger partial charge in [0.1, 0.15) is 23.8 Å². The van der Waals surface area contributed by atoms with Crippen molar-refractivity contribution in [3.63, 3.8) is 0 Å². The molecule has 11 nitrogen and oxygen atoms in total. The minimum Gasteiger partial charge on any atom is -0.466 e. The SMILES string of the molecule is C=CCN(Cn1nnc2ccccc21)C(=O)[C@H]1N([C@@H](CO)C(C)C)C(=O)[C@@H]2[C@@H](C(=O)OCC)[C@@H]3O[C@@]21CC3Br. The van der Waals surface area contributed by atoms with Crippen molar-refractivity contribution in [2.45, 2.75) is 62.5 Å². The van der Waals surface area contributed by atoms with Gasteiger partial charge in [0.05, 0.1) is 42.7 Å². The predicted octanol–water partition coefficient (Wildman–Crippen LogP) is 1.73. The molecule has 1 aromatic heterocycles. The second kappa shape index (κ2) is 10.6. The van der Waals surface area contributed by atoms with Gasteiger partial charge in [0.2, 0.25) is 11.8 Å². The molecule has 2 amide bonds. The molecule has 2 aromatic rings. The van der Waals surface area contributed by atoms with Crippen molar-refractivity contribution in [2.24, 2.45) is 17.8 Å². The molecular weight excluding hydrogens is 570 g/mol. The Morgan fingerprint density at radius 1 is 1.38 bits per heavy atom. The lowest BCUT2D eigenvalue weighted by molar-refractivity contribution is -0.157. The molecule has 0 aliphatic carbocycles. The monoisotopic (exact) mass is 603 g/mol. The molecule has 1 N–H and O–H groups in total. The fourth-order valence-corrected chi connectivity index (χ4v) is 7.50. The van der Waals surface area contributed by atoms with Gasteiger partial charge in [-0.2, -0.15) is 0 Å². The zero-order valence-electron chi connectivity index (χ0n) is 22.3. The molecule has 5 rings (SSSR count). The van der Waals surface area contributed by atoms with Crippen molar-refractivity contribution >= 4 is 44.7 Å². The van der Waals surface area contributed by atoms with Crippen LogP contribution in [-0.4, -0.2) is 96.1 Å². The summed E-state index contributed by atoms with van der Waals surface area (Å²) in [5.41, 5.74) is 0.194. The highest BCUT2D eigenvalue weighted by molar-refractivity contribution is 9.09. The molecule has 3 aliphatic rings. The lowest BCUT2D eigenvalue weighted by Crippen LogP contribution is -2.60. The number of alkyl halides is 1. The number of carbonyl (C=O) groups is 3. The molecule has 1 aromatic carbocycles. The third-order valence-electron chi connectivity index (χ3n) is 8.22. The highest BCUT2D eigenvalue weighted by Gasteiger charge is 2.77. The summed E-state index contributed by atoms with van der Waals surface area (Å²) in [6.45, 7) is 9.40. The zero-order valence-corrected chi connectivity index (χ0v) is 23.9. The van der Waals surface area contributed by atoms with Crippen LogP contribution in [0, 0.1) is 17.8 Å². The second-order valence-electron chi connectivity index (χ2n) is 10.7. The third-order valence-corrected chi connectivity index (χ3v) is 9.06. The fourth-order valence-electron chi connectivity index (χ4n) is 6.56. The van der Waals surface area contributed by atoms with E-state index in [1.807, 2.05) is 38.1 Å². The van der Waals surface area contributed by atoms with Crippen molar-refractivity contribution in [1.82, 2.24) is 24.8 Å². The van der Waals surface area contributed by atoms with E-state index in [0.29, 0.717) is 11.9 Å². The van der Waals surface area contributed by atoms with Crippen LogP contribution in [0.2, 0.25) is 0 Å². The largest absolute Gasteiger partial charge is 0.466 e. The molecule has 0 saturated carbocycles. The number of benzene rings is 1. The molecule has 3 aliphatic heterocycles. The summed E-state index contributed by atoms with van der Waals surface area (Å²) in [6, 6.07) is 5.73. The van der Waals surface area contributed by atoms with Gasteiger partial charge in [-0.3, -0.25) is 14.4 Å². The van der Waals surface area contributed by atoms with Crippen LogP contribution in [0.15, 0.2) is 36.9 Å². The Morgan fingerprint density at radius 2 is 2.13 bits per heavy atom. The van der Waals surface area contributed by atoms with Crippen LogP contribution in [0.5, 0.6) is 0 Å². The number of halogens is 1. The standard InChI is InChI=1S/C27H34BrN5O6/c1-5-11-31(14-32-18-10-8-7-9-17(18)29-30-32)25(36)23-27-12-16(28)22(39-27)20(26(37)38-6-2)21(27)24(35)33(23)19(13-34)15(3)4/h5,7-10,15-16,19-23,34H,1,6,11-14H2,2-4H3/t16?,19-,20+,21-,22+,23+,27-/m0/s1. The van der Waals surface area contributed by atoms with Crippen LogP contribution in [-0.2, 0) is 30.5 Å². The van der Waals surface area contributed by atoms with Gasteiger partial charge in [-0.05, 0) is 31.4 Å². The summed E-state index contributed by atoms with van der Waals surface area (Å²) in [5.74, 6) is -3.15. The Kier molecular flexibility index (Phi) is 7.55. The first-order valence-corrected chi connectivity index (χ1v) is 14.2. The van der Waals surface area contributed by atoms with Crippen LogP contribution in [0.4, 0.5) is 0 Å². The van der Waals surface area contributed by atoms with E-state index in [-0.39, 0.29) is 49.0 Å². The maximum atomic E-state index is 14.6. The normalized spacial score (nSPS) is 30.2. The number of hydrogen-bond acceptors (Lipinski definition) is 8. The van der Waals surface area contributed by atoms with Gasteiger partial charge in [-0.15, -0.1) is 11.7 Å². The van der Waals surface area contributed by atoms with E-state index < -0.39 is 41.6 Å². The van der Waals surface area contributed by atoms with Crippen molar-refractivity contribution < 1.29 is 29.0 Å². The lowest BCUT2D eigenvalue weighted by atomic mass is 9.70. The highest BCUT2D eigenvalue weighted by atomic mass is 79.9. The summed E-state index contributed by atoms with van der Waals surface area (Å²) in [6.07, 6.45) is 1.37. The van der Waals surface area contributed by atoms with Crippen LogP contribution in [0.3, 0.4) is 0 Å². The van der Waals surface area contributed by atoms with Gasteiger partial charge >= 0.3 is 5.97 Å². The smallest absolute Gasteiger partial charge is 0.312 e. The quantitative estimate of drug-likeness (QED) is 0.247. The van der Waals surface area contributed by atoms with Crippen molar-refractivity contribution in [3.8, 4) is 0 Å². The summed E-state index contributed by atoms with van der Waals surface area (Å²) in [5, 5.41) is 18.8. The molecule has 210 valence electrons. The number of amides is 2. The van der Waals surface area contributed by atoms with Gasteiger partial charge in [-0.1, -0.05) is 53.2 Å². The molecule has 0 radical (unpaired) electrons. The molecule has 7 atom stereocenters. The Hall–Kier alpha value is -2.83. The highest BCUT2D eigenvalue weighted by Crippen LogP contribution is 2.61. The van der Waals surface area contributed by atoms with E-state index in [9.17, 15) is 19.5 Å². The van der Waals surface area contributed by atoms with Gasteiger partial charge < -0.3 is 24.4 Å². The number of carbonyl (C=O) groups excluding carboxylic acids is 3. The van der Waals surface area contributed by atoms with E-state index in [2.05, 4.69) is 32.8 Å². The molecule has 1 unspecified atom stereocenters. The number of aromatic nitrogens is 3. The van der Waals surface area contributed by atoms with Crippen molar-refractivity contribution in [1.29, 1.82) is 0 Å². The zero-order chi connectivity index (χ0) is 28.1. The lowest BCUT2D eigenvalue weighted by Gasteiger charge is -2.40. The van der Waals surface area contributed by atoms with Crippen LogP contribution >= 0.6 is 15.9 Å². The Balaban J connectivity index is 1.59. The average Bonchev–Trinajstić information content (AvgIpc) is 3.62. The number of aliphatic hydroxyl groups is 1. The van der Waals surface area contributed by atoms with Gasteiger partial charge in [0.15, 0.2) is 0 Å². The number of esters is 1. The summed E-state index contributed by atoms with van der Waals surface area (Å²) in [4.78, 5) is 44.7. The average molecular weight is 605 g/mol. The maximum Gasteiger partial charge on any atom is 0.312 e. The third kappa shape index (κ3) is 4.27. The van der Waals surface area contributed by atoms with Crippen LogP contribution in [0.1, 0.15) is 27.2 Å². The van der Waals surface area contributed by atoms with E-state index in [4.69, 9.17) is 9.47 Å². The number of para-hydroxylation sites is 1.